The van der Waals surface area contributed by atoms with Gasteiger partial charge < -0.3 is 33.5 Å². The average molecular weight is 490 g/mol. The quantitative estimate of drug-likeness (QED) is 0.193. The second kappa shape index (κ2) is 17.2. The van der Waals surface area contributed by atoms with Gasteiger partial charge in [0.1, 0.15) is 0 Å². The van der Waals surface area contributed by atoms with E-state index in [0.29, 0.717) is 65.9 Å². The fraction of sp³-hybridized carbons (Fsp3) is 0.818. The highest BCUT2D eigenvalue weighted by Gasteiger charge is 2.34. The van der Waals surface area contributed by atoms with Crippen molar-refractivity contribution in [2.45, 2.75) is 19.8 Å². The van der Waals surface area contributed by atoms with Gasteiger partial charge in [-0.15, -0.1) is 0 Å². The Balaban J connectivity index is 1.87. The summed E-state index contributed by atoms with van der Waals surface area (Å²) in [6.45, 7) is 5.77. The number of likely N-dealkylation sites (tertiary alicyclic amines) is 1. The molecule has 1 heterocycles. The first-order valence-corrected chi connectivity index (χ1v) is 11.5. The van der Waals surface area contributed by atoms with Crippen molar-refractivity contribution in [1.82, 2.24) is 14.7 Å². The molecule has 0 aromatic carbocycles. The zero-order valence-electron chi connectivity index (χ0n) is 20.8. The van der Waals surface area contributed by atoms with E-state index in [9.17, 15) is 19.2 Å². The van der Waals surface area contributed by atoms with E-state index in [1.165, 1.54) is 16.9 Å². The third-order valence-corrected chi connectivity index (χ3v) is 5.19. The molecule has 1 rings (SSSR count). The Morgan fingerprint density at radius 3 is 1.85 bits per heavy atom. The monoisotopic (exact) mass is 489 g/mol. The van der Waals surface area contributed by atoms with Gasteiger partial charge in [-0.05, 0) is 0 Å². The Bertz CT molecular complexity index is 647. The van der Waals surface area contributed by atoms with Crippen LogP contribution >= 0.6 is 0 Å². The Hall–Kier alpha value is -2.28. The van der Waals surface area contributed by atoms with E-state index in [4.69, 9.17) is 18.9 Å². The second-order valence-corrected chi connectivity index (χ2v) is 7.90. The van der Waals surface area contributed by atoms with Crippen LogP contribution in [0, 0.1) is 5.92 Å². The number of hydrogen-bond donors (Lipinski definition) is 0. The van der Waals surface area contributed by atoms with Crippen LogP contribution in [-0.2, 0) is 38.1 Å². The van der Waals surface area contributed by atoms with Crippen LogP contribution in [-0.4, -0.2) is 132 Å². The van der Waals surface area contributed by atoms with Crippen LogP contribution < -0.4 is 0 Å². The number of imide groups is 1. The summed E-state index contributed by atoms with van der Waals surface area (Å²) < 4.78 is 26.2. The van der Waals surface area contributed by atoms with Crippen molar-refractivity contribution < 1.29 is 42.9 Å². The molecule has 12 heteroatoms. The van der Waals surface area contributed by atoms with Crippen LogP contribution in [0.15, 0.2) is 0 Å². The Kier molecular flexibility index (Phi) is 15.0. The highest BCUT2D eigenvalue weighted by atomic mass is 16.6. The van der Waals surface area contributed by atoms with E-state index in [-0.39, 0.29) is 43.0 Å². The van der Waals surface area contributed by atoms with Gasteiger partial charge in [-0.25, -0.2) is 4.79 Å². The van der Waals surface area contributed by atoms with Gasteiger partial charge in [-0.1, -0.05) is 6.92 Å². The van der Waals surface area contributed by atoms with Crippen molar-refractivity contribution in [2.24, 2.45) is 5.92 Å². The minimum absolute atomic E-state index is 0.0667. The van der Waals surface area contributed by atoms with Crippen LogP contribution in [0.3, 0.4) is 0 Å². The number of carbonyl (C=O) groups is 4. The lowest BCUT2D eigenvalue weighted by Crippen LogP contribution is -2.37. The lowest BCUT2D eigenvalue weighted by Gasteiger charge is -2.21. The lowest BCUT2D eigenvalue weighted by molar-refractivity contribution is -0.140. The Labute approximate surface area is 201 Å². The normalized spacial score (nSPS) is 15.6. The van der Waals surface area contributed by atoms with Gasteiger partial charge in [0.05, 0.1) is 72.9 Å². The first-order chi connectivity index (χ1) is 16.3. The predicted molar refractivity (Wildman–Crippen MR) is 121 cm³/mol. The minimum Gasteiger partial charge on any atom is -0.453 e. The summed E-state index contributed by atoms with van der Waals surface area (Å²) in [5.41, 5.74) is 0. The molecular weight excluding hydrogens is 450 g/mol. The van der Waals surface area contributed by atoms with E-state index in [0.717, 1.165) is 0 Å². The van der Waals surface area contributed by atoms with Gasteiger partial charge in [-0.2, -0.15) is 0 Å². The van der Waals surface area contributed by atoms with E-state index in [1.54, 1.807) is 25.9 Å². The van der Waals surface area contributed by atoms with E-state index >= 15 is 0 Å². The van der Waals surface area contributed by atoms with Crippen LogP contribution in [0.5, 0.6) is 0 Å². The number of methoxy groups -OCH3 is 1. The molecular formula is C22H39N3O9. The molecule has 12 nitrogen and oxygen atoms in total. The van der Waals surface area contributed by atoms with Crippen LogP contribution in [0.2, 0.25) is 0 Å². The molecule has 0 aromatic heterocycles. The molecule has 0 spiro atoms. The van der Waals surface area contributed by atoms with Crippen molar-refractivity contribution in [2.75, 3.05) is 93.7 Å². The highest BCUT2D eigenvalue weighted by Crippen LogP contribution is 2.17. The van der Waals surface area contributed by atoms with E-state index in [1.807, 2.05) is 0 Å². The summed E-state index contributed by atoms with van der Waals surface area (Å²) in [5, 5.41) is 0. The zero-order chi connectivity index (χ0) is 25.3. The topological polar surface area (TPSA) is 124 Å². The molecule has 1 atom stereocenters. The number of rotatable bonds is 18. The van der Waals surface area contributed by atoms with E-state index in [2.05, 4.69) is 4.74 Å². The number of hydrogen-bond acceptors (Lipinski definition) is 9. The molecule has 196 valence electrons. The summed E-state index contributed by atoms with van der Waals surface area (Å²) in [6, 6.07) is 0. The molecule has 1 saturated heterocycles. The summed E-state index contributed by atoms with van der Waals surface area (Å²) in [7, 11) is 4.60. The minimum atomic E-state index is -0.442. The van der Waals surface area contributed by atoms with Crippen molar-refractivity contribution >= 4 is 23.8 Å². The van der Waals surface area contributed by atoms with Crippen molar-refractivity contribution in [3.05, 3.63) is 0 Å². The van der Waals surface area contributed by atoms with Gasteiger partial charge >= 0.3 is 6.09 Å². The van der Waals surface area contributed by atoms with E-state index < -0.39 is 6.09 Å². The molecule has 0 N–H and O–H groups in total. The molecule has 1 unspecified atom stereocenters. The molecule has 0 bridgehead atoms. The maximum atomic E-state index is 12.0. The van der Waals surface area contributed by atoms with Gasteiger partial charge in [0.15, 0.2) is 0 Å². The zero-order valence-corrected chi connectivity index (χ0v) is 20.8. The van der Waals surface area contributed by atoms with Crippen LogP contribution in [0.4, 0.5) is 4.79 Å². The number of likely N-dealkylation sites (N-methyl/N-ethyl adjacent to an activating group) is 2. The SMILES string of the molecule is COC(=O)N(C)CCN(C)C(=O)CCOCCOCCOCCOCCN1C(=O)CC(C)C1=O. The van der Waals surface area contributed by atoms with Crippen LogP contribution in [0.25, 0.3) is 0 Å². The Morgan fingerprint density at radius 2 is 1.35 bits per heavy atom. The van der Waals surface area contributed by atoms with Gasteiger partial charge in [0.2, 0.25) is 17.7 Å². The molecule has 0 radical (unpaired) electrons. The predicted octanol–water partition coefficient (Wildman–Crippen LogP) is -0.00550. The molecule has 34 heavy (non-hydrogen) atoms. The summed E-state index contributed by atoms with van der Waals surface area (Å²) in [4.78, 5) is 50.9. The first-order valence-electron chi connectivity index (χ1n) is 11.5. The standard InChI is InChI=1S/C22H39N3O9/c1-18-17-20(27)25(21(18)28)8-10-32-12-14-34-16-15-33-13-11-31-9-5-19(26)23(2)6-7-24(3)22(29)30-4/h18H,5-17H2,1-4H3. The molecule has 0 aromatic rings. The smallest absolute Gasteiger partial charge is 0.409 e. The molecule has 0 saturated carbocycles. The third-order valence-electron chi connectivity index (χ3n) is 5.19. The van der Waals surface area contributed by atoms with Crippen LogP contribution in [0.1, 0.15) is 19.8 Å². The number of amides is 4. The van der Waals surface area contributed by atoms with Gasteiger partial charge in [0, 0.05) is 39.5 Å². The van der Waals surface area contributed by atoms with Crippen molar-refractivity contribution in [3.63, 3.8) is 0 Å². The first kappa shape index (κ1) is 29.8. The summed E-state index contributed by atoms with van der Waals surface area (Å²) in [5.74, 6) is -0.574. The summed E-state index contributed by atoms with van der Waals surface area (Å²) >= 11 is 0. The average Bonchev–Trinajstić information content (AvgIpc) is 3.07. The molecule has 0 aliphatic carbocycles. The third kappa shape index (κ3) is 11.7. The largest absolute Gasteiger partial charge is 0.453 e. The van der Waals surface area contributed by atoms with Gasteiger partial charge in [-0.3, -0.25) is 19.3 Å². The maximum Gasteiger partial charge on any atom is 0.409 e. The number of nitrogens with zero attached hydrogens (tertiary/aromatic N) is 3. The highest BCUT2D eigenvalue weighted by molar-refractivity contribution is 6.03. The second-order valence-electron chi connectivity index (χ2n) is 7.90. The number of ether oxygens (including phenoxy) is 5. The Morgan fingerprint density at radius 1 is 0.853 bits per heavy atom. The fourth-order valence-electron chi connectivity index (χ4n) is 3.02. The molecule has 1 aliphatic rings. The molecule has 1 aliphatic heterocycles. The van der Waals surface area contributed by atoms with Crippen molar-refractivity contribution in [3.8, 4) is 0 Å². The maximum absolute atomic E-state index is 12.0. The number of carbonyl (C=O) groups excluding carboxylic acids is 4. The lowest BCUT2D eigenvalue weighted by atomic mass is 10.1. The van der Waals surface area contributed by atoms with Crippen molar-refractivity contribution in [1.29, 1.82) is 0 Å². The summed E-state index contributed by atoms with van der Waals surface area (Å²) in [6.07, 6.45) is 0.0870. The molecule has 4 amide bonds. The van der Waals surface area contributed by atoms with Gasteiger partial charge in [0.25, 0.3) is 0 Å². The fourth-order valence-corrected chi connectivity index (χ4v) is 3.02. The molecule has 1 fully saturated rings.